The number of para-hydroxylation sites is 2. The highest BCUT2D eigenvalue weighted by molar-refractivity contribution is 6.36. The highest BCUT2D eigenvalue weighted by Crippen LogP contribution is 2.20. The Hall–Kier alpha value is -3.30. The van der Waals surface area contributed by atoms with Crippen molar-refractivity contribution in [3.05, 3.63) is 68.6 Å². The van der Waals surface area contributed by atoms with E-state index in [9.17, 15) is 19.2 Å². The number of ether oxygens (including phenoxy) is 1. The van der Waals surface area contributed by atoms with E-state index in [1.165, 1.54) is 22.8 Å². The number of nitrogens with one attached hydrogen (secondary N) is 2. The predicted octanol–water partition coefficient (Wildman–Crippen LogP) is 2.38. The first-order valence-electron chi connectivity index (χ1n) is 9.59. The first-order valence-corrected chi connectivity index (χ1v) is 10.3. The smallest absolute Gasteiger partial charge is 0.419 e. The number of nitrogens with zero attached hydrogens (tertiary/aromatic N) is 1. The summed E-state index contributed by atoms with van der Waals surface area (Å²) in [5.74, 6) is -2.25. The second-order valence-electron chi connectivity index (χ2n) is 6.64. The van der Waals surface area contributed by atoms with Gasteiger partial charge >= 0.3 is 11.7 Å². The second kappa shape index (κ2) is 10.8. The Morgan fingerprint density at radius 2 is 1.81 bits per heavy atom. The average molecular weight is 480 g/mol. The molecule has 3 rings (SSSR count). The highest BCUT2D eigenvalue weighted by atomic mass is 35.5. The fraction of sp³-hybridized carbons (Fsp3) is 0.238. The van der Waals surface area contributed by atoms with Crippen LogP contribution in [0.25, 0.3) is 11.1 Å². The van der Waals surface area contributed by atoms with E-state index < -0.39 is 23.5 Å². The number of halogens is 2. The summed E-state index contributed by atoms with van der Waals surface area (Å²) >= 11 is 11.7. The lowest BCUT2D eigenvalue weighted by molar-refractivity contribution is -0.144. The van der Waals surface area contributed by atoms with E-state index in [-0.39, 0.29) is 30.3 Å². The Balaban J connectivity index is 1.34. The van der Waals surface area contributed by atoms with Crippen molar-refractivity contribution in [3.8, 4) is 0 Å². The molecule has 0 aliphatic heterocycles. The fourth-order valence-corrected chi connectivity index (χ4v) is 3.34. The summed E-state index contributed by atoms with van der Waals surface area (Å²) in [5, 5.41) is 5.29. The van der Waals surface area contributed by atoms with Gasteiger partial charge in [0.1, 0.15) is 6.54 Å². The molecule has 0 aliphatic carbocycles. The zero-order valence-electron chi connectivity index (χ0n) is 16.7. The number of carbonyl (C=O) groups excluding carboxylic acids is 3. The number of fused-ring (bicyclic) bond motifs is 1. The molecule has 9 nitrogen and oxygen atoms in total. The van der Waals surface area contributed by atoms with Gasteiger partial charge in [-0.3, -0.25) is 19.0 Å². The average Bonchev–Trinajstić information content (AvgIpc) is 3.08. The molecule has 11 heteroatoms. The summed E-state index contributed by atoms with van der Waals surface area (Å²) in [7, 11) is 0. The molecular weight excluding hydrogens is 461 g/mol. The van der Waals surface area contributed by atoms with Crippen LogP contribution in [0.1, 0.15) is 16.8 Å². The maximum absolute atomic E-state index is 12.1. The lowest BCUT2D eigenvalue weighted by atomic mass is 10.2. The number of hydrogen-bond donors (Lipinski definition) is 2. The monoisotopic (exact) mass is 479 g/mol. The summed E-state index contributed by atoms with van der Waals surface area (Å²) in [6, 6.07) is 11.4. The van der Waals surface area contributed by atoms with Crippen LogP contribution in [0, 0.1) is 0 Å². The molecule has 0 aliphatic rings. The van der Waals surface area contributed by atoms with Crippen LogP contribution < -0.4 is 16.4 Å². The molecule has 1 aromatic heterocycles. The molecule has 0 saturated heterocycles. The number of benzene rings is 2. The van der Waals surface area contributed by atoms with E-state index in [2.05, 4.69) is 10.6 Å². The van der Waals surface area contributed by atoms with Crippen molar-refractivity contribution >= 4 is 52.1 Å². The Morgan fingerprint density at radius 3 is 2.59 bits per heavy atom. The van der Waals surface area contributed by atoms with E-state index in [4.69, 9.17) is 32.4 Å². The molecule has 168 valence electrons. The van der Waals surface area contributed by atoms with Crippen LogP contribution in [0.2, 0.25) is 10.0 Å². The van der Waals surface area contributed by atoms with Crippen molar-refractivity contribution in [1.29, 1.82) is 0 Å². The van der Waals surface area contributed by atoms with Gasteiger partial charge in [0.05, 0.1) is 29.3 Å². The van der Waals surface area contributed by atoms with Crippen molar-refractivity contribution in [3.63, 3.8) is 0 Å². The maximum atomic E-state index is 12.1. The van der Waals surface area contributed by atoms with Crippen molar-refractivity contribution in [2.45, 2.75) is 13.0 Å². The number of rotatable bonds is 9. The molecule has 0 atom stereocenters. The maximum Gasteiger partial charge on any atom is 0.419 e. The number of esters is 1. The number of aryl methyl sites for hydroxylation is 1. The number of oxazole rings is 1. The lowest BCUT2D eigenvalue weighted by Crippen LogP contribution is -2.39. The standard InChI is InChI=1S/C21H19Cl2N3O6/c22-13-6-7-14(15(23)10-13)20(29)25-11-18(27)24-12-19(28)31-9-3-8-26-16-4-1-2-5-17(16)32-21(26)30/h1-2,4-7,10H,3,8-9,11-12H2,(H,24,27)(H,25,29). The van der Waals surface area contributed by atoms with Gasteiger partial charge in [0, 0.05) is 11.6 Å². The zero-order valence-corrected chi connectivity index (χ0v) is 18.2. The molecule has 0 spiro atoms. The minimum absolute atomic E-state index is 0.0620. The molecule has 0 radical (unpaired) electrons. The Morgan fingerprint density at radius 1 is 1.03 bits per heavy atom. The van der Waals surface area contributed by atoms with Gasteiger partial charge in [0.2, 0.25) is 5.91 Å². The fourth-order valence-electron chi connectivity index (χ4n) is 2.85. The molecule has 2 amide bonds. The third-order valence-corrected chi connectivity index (χ3v) is 4.93. The van der Waals surface area contributed by atoms with Gasteiger partial charge in [-0.2, -0.15) is 0 Å². The van der Waals surface area contributed by atoms with E-state index in [0.29, 0.717) is 29.1 Å². The quantitative estimate of drug-likeness (QED) is 0.359. The summed E-state index contributed by atoms with van der Waals surface area (Å²) in [5.41, 5.74) is 1.33. The lowest BCUT2D eigenvalue weighted by Gasteiger charge is -2.09. The topological polar surface area (TPSA) is 120 Å². The van der Waals surface area contributed by atoms with E-state index in [1.54, 1.807) is 24.3 Å². The number of carbonyl (C=O) groups is 3. The van der Waals surface area contributed by atoms with E-state index >= 15 is 0 Å². The molecule has 1 heterocycles. The van der Waals surface area contributed by atoms with E-state index in [1.807, 2.05) is 0 Å². The molecule has 0 unspecified atom stereocenters. The van der Waals surface area contributed by atoms with Gasteiger partial charge in [-0.15, -0.1) is 0 Å². The van der Waals surface area contributed by atoms with Crippen molar-refractivity contribution in [2.75, 3.05) is 19.7 Å². The normalized spacial score (nSPS) is 10.7. The van der Waals surface area contributed by atoms with Crippen LogP contribution in [0.3, 0.4) is 0 Å². The predicted molar refractivity (Wildman–Crippen MR) is 118 cm³/mol. The van der Waals surface area contributed by atoms with Crippen molar-refractivity contribution in [2.24, 2.45) is 0 Å². The van der Waals surface area contributed by atoms with Crippen LogP contribution in [0.4, 0.5) is 0 Å². The summed E-state index contributed by atoms with van der Waals surface area (Å²) in [4.78, 5) is 47.5. The third kappa shape index (κ3) is 6.12. The van der Waals surface area contributed by atoms with Crippen molar-refractivity contribution in [1.82, 2.24) is 15.2 Å². The van der Waals surface area contributed by atoms with Crippen molar-refractivity contribution < 1.29 is 23.5 Å². The van der Waals surface area contributed by atoms with Gasteiger partial charge < -0.3 is 19.8 Å². The molecule has 0 fully saturated rings. The molecule has 0 saturated carbocycles. The Kier molecular flexibility index (Phi) is 7.91. The van der Waals surface area contributed by atoms with Crippen LogP contribution >= 0.6 is 23.2 Å². The number of aromatic nitrogens is 1. The minimum atomic E-state index is -0.644. The van der Waals surface area contributed by atoms with Crippen LogP contribution in [-0.4, -0.2) is 42.0 Å². The zero-order chi connectivity index (χ0) is 23.1. The number of amides is 2. The molecule has 0 bridgehead atoms. The Bertz CT molecular complexity index is 1200. The summed E-state index contributed by atoms with van der Waals surface area (Å²) in [6.07, 6.45) is 0.390. The first-order chi connectivity index (χ1) is 15.3. The van der Waals surface area contributed by atoms with E-state index in [0.717, 1.165) is 0 Å². The summed E-state index contributed by atoms with van der Waals surface area (Å²) in [6.45, 7) is -0.326. The van der Waals surface area contributed by atoms with Gasteiger partial charge in [-0.25, -0.2) is 4.79 Å². The largest absolute Gasteiger partial charge is 0.464 e. The molecule has 2 aromatic carbocycles. The van der Waals surface area contributed by atoms with Gasteiger partial charge in [0.25, 0.3) is 5.91 Å². The summed E-state index contributed by atoms with van der Waals surface area (Å²) < 4.78 is 11.6. The molecule has 3 aromatic rings. The number of hydrogen-bond acceptors (Lipinski definition) is 6. The molecular formula is C21H19Cl2N3O6. The van der Waals surface area contributed by atoms with Crippen LogP contribution in [0.15, 0.2) is 51.7 Å². The van der Waals surface area contributed by atoms with Crippen LogP contribution in [-0.2, 0) is 20.9 Å². The first kappa shape index (κ1) is 23.4. The highest BCUT2D eigenvalue weighted by Gasteiger charge is 2.13. The Labute approximate surface area is 192 Å². The molecule has 32 heavy (non-hydrogen) atoms. The SMILES string of the molecule is O=C(CNC(=O)c1ccc(Cl)cc1Cl)NCC(=O)OCCCn1c(=O)oc2ccccc21. The van der Waals surface area contributed by atoms with Crippen LogP contribution in [0.5, 0.6) is 0 Å². The van der Waals surface area contributed by atoms with Gasteiger partial charge in [0.15, 0.2) is 5.58 Å². The minimum Gasteiger partial charge on any atom is -0.464 e. The molecule has 2 N–H and O–H groups in total. The van der Waals surface area contributed by atoms with Gasteiger partial charge in [-0.1, -0.05) is 35.3 Å². The second-order valence-corrected chi connectivity index (χ2v) is 7.49. The van der Waals surface area contributed by atoms with Gasteiger partial charge in [-0.05, 0) is 36.8 Å². The third-order valence-electron chi connectivity index (χ3n) is 4.38.